The predicted molar refractivity (Wildman–Crippen MR) is 68.4 cm³/mol. The molecule has 84 valence electrons. The molecule has 0 aliphatic rings. The molecule has 0 aliphatic carbocycles. The van der Waals surface area contributed by atoms with E-state index in [-0.39, 0.29) is 0 Å². The molecule has 0 fully saturated rings. The standard InChI is InChI=1S/C11H19N3S/c1-9(8-15-3)14(2)11-10(7-12)5-4-6-13-11/h4-6,9H,7-8,12H2,1-3H3. The summed E-state index contributed by atoms with van der Waals surface area (Å²) in [5.41, 5.74) is 6.80. The SMILES string of the molecule is CSCC(C)N(C)c1ncccc1CN. The third-order valence-corrected chi connectivity index (χ3v) is 3.31. The van der Waals surface area contributed by atoms with E-state index in [4.69, 9.17) is 5.73 Å². The van der Waals surface area contributed by atoms with Crippen LogP contribution in [-0.2, 0) is 6.54 Å². The van der Waals surface area contributed by atoms with E-state index < -0.39 is 0 Å². The molecular weight excluding hydrogens is 206 g/mol. The lowest BCUT2D eigenvalue weighted by atomic mass is 10.2. The van der Waals surface area contributed by atoms with Crippen LogP contribution < -0.4 is 10.6 Å². The molecule has 0 aromatic carbocycles. The lowest BCUT2D eigenvalue weighted by Crippen LogP contribution is -2.32. The highest BCUT2D eigenvalue weighted by Gasteiger charge is 2.13. The Hall–Kier alpha value is -0.740. The van der Waals surface area contributed by atoms with Gasteiger partial charge in [0.15, 0.2) is 0 Å². The molecule has 1 rings (SSSR count). The van der Waals surface area contributed by atoms with Crippen molar-refractivity contribution in [2.75, 3.05) is 24.0 Å². The predicted octanol–water partition coefficient (Wildman–Crippen LogP) is 1.73. The summed E-state index contributed by atoms with van der Waals surface area (Å²) >= 11 is 1.85. The highest BCUT2D eigenvalue weighted by molar-refractivity contribution is 7.98. The van der Waals surface area contributed by atoms with E-state index in [0.29, 0.717) is 12.6 Å². The van der Waals surface area contributed by atoms with E-state index in [2.05, 4.69) is 30.1 Å². The van der Waals surface area contributed by atoms with Gasteiger partial charge < -0.3 is 10.6 Å². The van der Waals surface area contributed by atoms with E-state index in [0.717, 1.165) is 17.1 Å². The highest BCUT2D eigenvalue weighted by atomic mass is 32.2. The Balaban J connectivity index is 2.84. The number of hydrogen-bond donors (Lipinski definition) is 1. The summed E-state index contributed by atoms with van der Waals surface area (Å²) in [5, 5.41) is 0. The first-order valence-corrected chi connectivity index (χ1v) is 6.45. The summed E-state index contributed by atoms with van der Waals surface area (Å²) < 4.78 is 0. The van der Waals surface area contributed by atoms with Crippen molar-refractivity contribution in [1.82, 2.24) is 4.98 Å². The first-order chi connectivity index (χ1) is 7.20. The van der Waals surface area contributed by atoms with Crippen molar-refractivity contribution in [3.8, 4) is 0 Å². The minimum Gasteiger partial charge on any atom is -0.356 e. The van der Waals surface area contributed by atoms with Crippen LogP contribution in [0.4, 0.5) is 5.82 Å². The molecule has 1 aromatic rings. The molecule has 0 saturated carbocycles. The minimum atomic E-state index is 0.472. The van der Waals surface area contributed by atoms with Crippen LogP contribution in [0.3, 0.4) is 0 Å². The van der Waals surface area contributed by atoms with E-state index >= 15 is 0 Å². The zero-order valence-electron chi connectivity index (χ0n) is 9.60. The van der Waals surface area contributed by atoms with Crippen molar-refractivity contribution in [3.05, 3.63) is 23.9 Å². The van der Waals surface area contributed by atoms with Crippen LogP contribution in [0, 0.1) is 0 Å². The molecule has 0 aliphatic heterocycles. The van der Waals surface area contributed by atoms with Crippen LogP contribution >= 0.6 is 11.8 Å². The number of pyridine rings is 1. The fourth-order valence-corrected chi connectivity index (χ4v) is 2.17. The number of thioether (sulfide) groups is 1. The van der Waals surface area contributed by atoms with E-state index in [1.165, 1.54) is 0 Å². The summed E-state index contributed by atoms with van der Waals surface area (Å²) in [4.78, 5) is 6.58. The third kappa shape index (κ3) is 3.11. The van der Waals surface area contributed by atoms with E-state index in [1.807, 2.05) is 30.1 Å². The smallest absolute Gasteiger partial charge is 0.133 e. The maximum absolute atomic E-state index is 5.69. The van der Waals surface area contributed by atoms with Gasteiger partial charge in [0.25, 0.3) is 0 Å². The van der Waals surface area contributed by atoms with Crippen LogP contribution in [0.1, 0.15) is 12.5 Å². The molecule has 0 radical (unpaired) electrons. The van der Waals surface area contributed by atoms with Crippen molar-refractivity contribution in [3.63, 3.8) is 0 Å². The Bertz CT molecular complexity index is 304. The van der Waals surface area contributed by atoms with Crippen LogP contribution in [0.15, 0.2) is 18.3 Å². The Labute approximate surface area is 96.1 Å². The van der Waals surface area contributed by atoms with Gasteiger partial charge in [0.1, 0.15) is 5.82 Å². The van der Waals surface area contributed by atoms with E-state index in [9.17, 15) is 0 Å². The normalized spacial score (nSPS) is 12.5. The number of aromatic nitrogens is 1. The van der Waals surface area contributed by atoms with Crippen LogP contribution in [0.2, 0.25) is 0 Å². The lowest BCUT2D eigenvalue weighted by Gasteiger charge is -2.27. The summed E-state index contributed by atoms with van der Waals surface area (Å²) in [6.07, 6.45) is 3.93. The molecule has 1 aromatic heterocycles. The van der Waals surface area contributed by atoms with Gasteiger partial charge in [0, 0.05) is 37.1 Å². The maximum atomic E-state index is 5.69. The molecule has 15 heavy (non-hydrogen) atoms. The fourth-order valence-electron chi connectivity index (χ4n) is 1.47. The molecule has 0 spiro atoms. The van der Waals surface area contributed by atoms with E-state index in [1.54, 1.807) is 0 Å². The van der Waals surface area contributed by atoms with Gasteiger partial charge in [-0.15, -0.1) is 0 Å². The van der Waals surface area contributed by atoms with Gasteiger partial charge >= 0.3 is 0 Å². The van der Waals surface area contributed by atoms with Crippen LogP contribution in [-0.4, -0.2) is 30.1 Å². The number of anilines is 1. The van der Waals surface area contributed by atoms with Crippen LogP contribution in [0.25, 0.3) is 0 Å². The Morgan fingerprint density at radius 2 is 2.33 bits per heavy atom. The molecule has 0 amide bonds. The van der Waals surface area contributed by atoms with Gasteiger partial charge in [-0.2, -0.15) is 11.8 Å². The van der Waals surface area contributed by atoms with Crippen molar-refractivity contribution in [2.45, 2.75) is 19.5 Å². The van der Waals surface area contributed by atoms with Crippen molar-refractivity contribution >= 4 is 17.6 Å². The fraction of sp³-hybridized carbons (Fsp3) is 0.545. The number of nitrogens with zero attached hydrogens (tertiary/aromatic N) is 2. The highest BCUT2D eigenvalue weighted by Crippen LogP contribution is 2.18. The average molecular weight is 225 g/mol. The molecule has 2 N–H and O–H groups in total. The average Bonchev–Trinajstić information content (AvgIpc) is 2.28. The largest absolute Gasteiger partial charge is 0.356 e. The van der Waals surface area contributed by atoms with Crippen molar-refractivity contribution in [1.29, 1.82) is 0 Å². The molecule has 1 heterocycles. The Kier molecular flexibility index (Phi) is 4.91. The summed E-state index contributed by atoms with van der Waals surface area (Å²) in [6.45, 7) is 2.74. The summed E-state index contributed by atoms with van der Waals surface area (Å²) in [6, 6.07) is 4.43. The minimum absolute atomic E-state index is 0.472. The second kappa shape index (κ2) is 5.98. The van der Waals surface area contributed by atoms with Gasteiger partial charge in [-0.05, 0) is 19.2 Å². The molecule has 3 nitrogen and oxygen atoms in total. The monoisotopic (exact) mass is 225 g/mol. The first kappa shape index (κ1) is 12.3. The first-order valence-electron chi connectivity index (χ1n) is 5.06. The topological polar surface area (TPSA) is 42.2 Å². The van der Waals surface area contributed by atoms with Gasteiger partial charge in [0.2, 0.25) is 0 Å². The zero-order chi connectivity index (χ0) is 11.3. The van der Waals surface area contributed by atoms with Gasteiger partial charge in [-0.25, -0.2) is 4.98 Å². The third-order valence-electron chi connectivity index (χ3n) is 2.49. The molecule has 0 bridgehead atoms. The molecule has 0 saturated heterocycles. The maximum Gasteiger partial charge on any atom is 0.133 e. The Morgan fingerprint density at radius 3 is 2.93 bits per heavy atom. The van der Waals surface area contributed by atoms with Gasteiger partial charge in [-0.1, -0.05) is 6.07 Å². The quantitative estimate of drug-likeness (QED) is 0.828. The number of hydrogen-bond acceptors (Lipinski definition) is 4. The lowest BCUT2D eigenvalue weighted by molar-refractivity contribution is 0.746. The molecule has 4 heteroatoms. The van der Waals surface area contributed by atoms with Gasteiger partial charge in [-0.3, -0.25) is 0 Å². The Morgan fingerprint density at radius 1 is 1.60 bits per heavy atom. The molecular formula is C11H19N3S. The van der Waals surface area contributed by atoms with Crippen LogP contribution in [0.5, 0.6) is 0 Å². The number of nitrogens with two attached hydrogens (primary N) is 1. The zero-order valence-corrected chi connectivity index (χ0v) is 10.4. The second-order valence-electron chi connectivity index (χ2n) is 3.61. The summed E-state index contributed by atoms with van der Waals surface area (Å²) in [7, 11) is 2.07. The molecule has 1 atom stereocenters. The summed E-state index contributed by atoms with van der Waals surface area (Å²) in [5.74, 6) is 2.10. The van der Waals surface area contributed by atoms with Gasteiger partial charge in [0.05, 0.1) is 0 Å². The second-order valence-corrected chi connectivity index (χ2v) is 4.52. The molecule has 1 unspecified atom stereocenters. The number of rotatable bonds is 5. The van der Waals surface area contributed by atoms with Crippen molar-refractivity contribution in [2.24, 2.45) is 5.73 Å². The van der Waals surface area contributed by atoms with Crippen molar-refractivity contribution < 1.29 is 0 Å².